The third-order valence-electron chi connectivity index (χ3n) is 3.07. The third-order valence-corrected chi connectivity index (χ3v) is 3.93. The Kier molecular flexibility index (Phi) is 6.98. The van der Waals surface area contributed by atoms with Crippen LogP contribution in [0.5, 0.6) is 0 Å². The lowest BCUT2D eigenvalue weighted by Crippen LogP contribution is -1.91. The van der Waals surface area contributed by atoms with E-state index < -0.39 is 8.25 Å². The summed E-state index contributed by atoms with van der Waals surface area (Å²) in [4.78, 5) is 0. The second kappa shape index (κ2) is 9.26. The topological polar surface area (TPSA) is 35.5 Å². The molecule has 0 bridgehead atoms. The molecule has 0 aliphatic rings. The van der Waals surface area contributed by atoms with Gasteiger partial charge in [0.1, 0.15) is 13.2 Å². The predicted octanol–water partition coefficient (Wildman–Crippen LogP) is 5.22. The van der Waals surface area contributed by atoms with Crippen LogP contribution in [0.2, 0.25) is 0 Å². The van der Waals surface area contributed by atoms with Gasteiger partial charge in [0.2, 0.25) is 0 Å². The molecule has 0 aromatic heterocycles. The largest absolute Gasteiger partial charge is 0.697 e. The minimum Gasteiger partial charge on any atom is -0.119 e. The maximum atomic E-state index is 11.3. The summed E-state index contributed by atoms with van der Waals surface area (Å²) in [6.45, 7) is 2.56. The van der Waals surface area contributed by atoms with E-state index in [1.807, 2.05) is 36.4 Å². The monoisotopic (exact) mass is 315 g/mol. The molecule has 0 spiro atoms. The molecule has 0 aliphatic heterocycles. The van der Waals surface area contributed by atoms with Crippen LogP contribution in [0, 0.1) is 0 Å². The first-order valence-corrected chi connectivity index (χ1v) is 8.45. The first-order valence-electron chi connectivity index (χ1n) is 7.35. The Morgan fingerprint density at radius 3 is 2.00 bits per heavy atom. The summed E-state index contributed by atoms with van der Waals surface area (Å²) in [7, 11) is -2.00. The highest BCUT2D eigenvalue weighted by molar-refractivity contribution is 7.33. The third kappa shape index (κ3) is 5.19. The molecular weight excluding hydrogens is 295 g/mol. The molecule has 2 aromatic carbocycles. The van der Waals surface area contributed by atoms with E-state index in [1.54, 1.807) is 6.92 Å². The molecule has 1 unspecified atom stereocenters. The lowest BCUT2D eigenvalue weighted by Gasteiger charge is -2.08. The van der Waals surface area contributed by atoms with Gasteiger partial charge in [-0.3, -0.25) is 0 Å². The van der Waals surface area contributed by atoms with Crippen LogP contribution >= 0.6 is 8.25 Å². The predicted molar refractivity (Wildman–Crippen MR) is 89.8 cm³/mol. The summed E-state index contributed by atoms with van der Waals surface area (Å²) in [5, 5.41) is 0. The molecule has 0 heterocycles. The molecule has 0 saturated carbocycles. The Bertz CT molecular complexity index is 567. The maximum Gasteiger partial charge on any atom is 0.697 e. The average Bonchev–Trinajstić information content (AvgIpc) is 2.57. The van der Waals surface area contributed by atoms with Crippen LogP contribution in [-0.2, 0) is 13.6 Å². The van der Waals surface area contributed by atoms with Crippen LogP contribution in [0.4, 0.5) is 0 Å². The molecule has 0 aliphatic carbocycles. The van der Waals surface area contributed by atoms with Crippen molar-refractivity contribution in [2.75, 3.05) is 13.2 Å². The van der Waals surface area contributed by atoms with Crippen LogP contribution in [0.3, 0.4) is 0 Å². The van der Waals surface area contributed by atoms with Crippen LogP contribution in [0.1, 0.15) is 24.5 Å². The normalized spacial score (nSPS) is 11.0. The maximum absolute atomic E-state index is 11.3. The number of hydrogen-bond donors (Lipinski definition) is 0. The zero-order chi connectivity index (χ0) is 15.6. The first-order chi connectivity index (χ1) is 10.8. The molecule has 0 N–H and O–H groups in total. The van der Waals surface area contributed by atoms with E-state index in [0.29, 0.717) is 19.6 Å². The van der Waals surface area contributed by atoms with Gasteiger partial charge in [-0.25, -0.2) is 0 Å². The molecule has 0 amide bonds. The van der Waals surface area contributed by atoms with Crippen molar-refractivity contribution in [2.45, 2.75) is 13.3 Å². The molecule has 0 saturated heterocycles. The van der Waals surface area contributed by atoms with Crippen molar-refractivity contribution < 1.29 is 13.6 Å². The molecule has 4 heteroatoms. The number of hydrogen-bond acceptors (Lipinski definition) is 3. The van der Waals surface area contributed by atoms with E-state index in [4.69, 9.17) is 9.05 Å². The van der Waals surface area contributed by atoms with E-state index in [-0.39, 0.29) is 0 Å². The smallest absolute Gasteiger partial charge is 0.119 e. The van der Waals surface area contributed by atoms with Crippen LogP contribution in [0.25, 0.3) is 5.57 Å². The first kappa shape index (κ1) is 16.6. The van der Waals surface area contributed by atoms with E-state index in [9.17, 15) is 4.57 Å². The Labute approximate surface area is 132 Å². The lowest BCUT2D eigenvalue weighted by atomic mass is 9.97. The fraction of sp³-hybridized carbons (Fsp3) is 0.222. The fourth-order valence-corrected chi connectivity index (χ4v) is 2.65. The summed E-state index contributed by atoms with van der Waals surface area (Å²) < 4.78 is 21.3. The second-order valence-electron chi connectivity index (χ2n) is 4.61. The highest BCUT2D eigenvalue weighted by atomic mass is 31.1. The summed E-state index contributed by atoms with van der Waals surface area (Å²) in [6, 6.07) is 20.4. The summed E-state index contributed by atoms with van der Waals surface area (Å²) in [6.07, 6.45) is 2.78. The Morgan fingerprint density at radius 2 is 1.50 bits per heavy atom. The van der Waals surface area contributed by atoms with Crippen molar-refractivity contribution in [2.24, 2.45) is 0 Å². The standard InChI is InChI=1S/C18H20O3P/c1-2-20-22(19)21-15-9-14-18(16-10-5-3-6-11-16)17-12-7-4-8-13-17/h3-8,10-14H,2,9,15H2,1H3/q+1. The van der Waals surface area contributed by atoms with E-state index >= 15 is 0 Å². The van der Waals surface area contributed by atoms with Gasteiger partial charge in [-0.15, -0.1) is 9.05 Å². The molecule has 2 rings (SSSR count). The van der Waals surface area contributed by atoms with E-state index in [1.165, 1.54) is 0 Å². The Morgan fingerprint density at radius 1 is 0.955 bits per heavy atom. The molecule has 114 valence electrons. The van der Waals surface area contributed by atoms with Crippen molar-refractivity contribution >= 4 is 13.8 Å². The summed E-state index contributed by atoms with van der Waals surface area (Å²) in [5.74, 6) is 0. The van der Waals surface area contributed by atoms with Crippen molar-refractivity contribution in [3.63, 3.8) is 0 Å². The zero-order valence-electron chi connectivity index (χ0n) is 12.6. The minimum atomic E-state index is -2.00. The van der Waals surface area contributed by atoms with Gasteiger partial charge in [0.25, 0.3) is 0 Å². The van der Waals surface area contributed by atoms with Crippen molar-refractivity contribution in [1.29, 1.82) is 0 Å². The van der Waals surface area contributed by atoms with Gasteiger partial charge in [-0.2, -0.15) is 0 Å². The van der Waals surface area contributed by atoms with Gasteiger partial charge in [-0.1, -0.05) is 66.7 Å². The SMILES string of the molecule is CCO[P+](=O)OCCC=C(c1ccccc1)c1ccccc1. The highest BCUT2D eigenvalue weighted by Gasteiger charge is 2.17. The molecule has 0 radical (unpaired) electrons. The molecule has 2 aromatic rings. The Hall–Kier alpha value is -1.80. The van der Waals surface area contributed by atoms with Gasteiger partial charge < -0.3 is 0 Å². The van der Waals surface area contributed by atoms with Gasteiger partial charge in [0, 0.05) is 4.57 Å². The number of benzene rings is 2. The molecule has 1 atom stereocenters. The van der Waals surface area contributed by atoms with Gasteiger partial charge in [0.15, 0.2) is 0 Å². The van der Waals surface area contributed by atoms with Crippen LogP contribution < -0.4 is 0 Å². The van der Waals surface area contributed by atoms with E-state index in [2.05, 4.69) is 30.3 Å². The minimum absolute atomic E-state index is 0.373. The number of rotatable bonds is 8. The molecular formula is C18H20O3P+. The molecule has 22 heavy (non-hydrogen) atoms. The van der Waals surface area contributed by atoms with Gasteiger partial charge in [0.05, 0.1) is 0 Å². The summed E-state index contributed by atoms with van der Waals surface area (Å²) in [5.41, 5.74) is 3.46. The average molecular weight is 315 g/mol. The second-order valence-corrected chi connectivity index (χ2v) is 5.58. The van der Waals surface area contributed by atoms with Crippen molar-refractivity contribution in [1.82, 2.24) is 0 Å². The van der Waals surface area contributed by atoms with Gasteiger partial charge in [-0.05, 0) is 30.0 Å². The van der Waals surface area contributed by atoms with Crippen molar-refractivity contribution in [3.05, 3.63) is 77.9 Å². The van der Waals surface area contributed by atoms with Crippen molar-refractivity contribution in [3.8, 4) is 0 Å². The quantitative estimate of drug-likeness (QED) is 0.495. The van der Waals surface area contributed by atoms with Crippen LogP contribution in [-0.4, -0.2) is 13.2 Å². The zero-order valence-corrected chi connectivity index (χ0v) is 13.5. The summed E-state index contributed by atoms with van der Waals surface area (Å²) >= 11 is 0. The van der Waals surface area contributed by atoms with Crippen LogP contribution in [0.15, 0.2) is 66.7 Å². The molecule has 0 fully saturated rings. The van der Waals surface area contributed by atoms with E-state index in [0.717, 1.165) is 16.7 Å². The lowest BCUT2D eigenvalue weighted by molar-refractivity contribution is 0.237. The van der Waals surface area contributed by atoms with Gasteiger partial charge >= 0.3 is 8.25 Å². The fourth-order valence-electron chi connectivity index (χ4n) is 2.11. The molecule has 3 nitrogen and oxygen atoms in total. The highest BCUT2D eigenvalue weighted by Crippen LogP contribution is 2.26. The Balaban J connectivity index is 2.09.